The van der Waals surface area contributed by atoms with Gasteiger partial charge >= 0.3 is 11.1 Å². The van der Waals surface area contributed by atoms with Crippen molar-refractivity contribution in [3.05, 3.63) is 93.0 Å². The van der Waals surface area contributed by atoms with E-state index in [1.54, 1.807) is 6.08 Å². The molecule has 0 radical (unpaired) electrons. The summed E-state index contributed by atoms with van der Waals surface area (Å²) in [7, 11) is 0. The number of hydrogen-bond acceptors (Lipinski definition) is 4. The Balaban J connectivity index is 1.56. The predicted octanol–water partition coefficient (Wildman–Crippen LogP) is 2.57. The minimum absolute atomic E-state index is 0.0346. The number of allylic oxidation sites excluding steroid dienone is 1. The highest BCUT2D eigenvalue weighted by molar-refractivity contribution is 5.94. The van der Waals surface area contributed by atoms with Crippen LogP contribution in [0.4, 0.5) is 0 Å². The zero-order valence-electron chi connectivity index (χ0n) is 19.1. The topological polar surface area (TPSA) is 67.5 Å². The Bertz CT molecular complexity index is 1270. The van der Waals surface area contributed by atoms with Gasteiger partial charge in [-0.1, -0.05) is 37.3 Å². The van der Waals surface area contributed by atoms with Gasteiger partial charge in [-0.25, -0.2) is 0 Å². The van der Waals surface area contributed by atoms with Gasteiger partial charge in [0.1, 0.15) is 0 Å². The lowest BCUT2D eigenvalue weighted by atomic mass is 10.1. The monoisotopic (exact) mass is 446 g/mol. The molecular weight excluding hydrogens is 416 g/mol. The first-order valence-electron chi connectivity index (χ1n) is 11.5. The van der Waals surface area contributed by atoms with E-state index in [0.29, 0.717) is 16.6 Å². The predicted molar refractivity (Wildman–Crippen MR) is 131 cm³/mol. The van der Waals surface area contributed by atoms with Gasteiger partial charge in [0.15, 0.2) is 0 Å². The van der Waals surface area contributed by atoms with Crippen LogP contribution in [-0.2, 0) is 13.1 Å². The molecule has 172 valence electrons. The molecule has 1 aromatic heterocycles. The van der Waals surface area contributed by atoms with Gasteiger partial charge in [0.25, 0.3) is 5.91 Å². The van der Waals surface area contributed by atoms with Crippen molar-refractivity contribution >= 4 is 16.9 Å². The molecule has 0 spiro atoms. The van der Waals surface area contributed by atoms with Gasteiger partial charge < -0.3 is 4.90 Å². The fraction of sp³-hybridized carbons (Fsp3) is 0.346. The van der Waals surface area contributed by atoms with Gasteiger partial charge in [0.05, 0.1) is 17.6 Å². The van der Waals surface area contributed by atoms with E-state index in [4.69, 9.17) is 0 Å². The van der Waals surface area contributed by atoms with E-state index in [2.05, 4.69) is 18.4 Å². The number of carbonyl (C=O) groups is 1. The van der Waals surface area contributed by atoms with Crippen molar-refractivity contribution in [2.75, 3.05) is 32.7 Å². The molecule has 0 atom stereocenters. The highest BCUT2D eigenvalue weighted by atomic mass is 16.2. The maximum absolute atomic E-state index is 12.9. The molecule has 0 aliphatic carbocycles. The SMILES string of the molecule is C=CCn1c(=O)c(=O)n(Cc2ccc(C(=O)N3CCN(CCC)CC3)cc2)c2ccccc21. The first-order valence-corrected chi connectivity index (χ1v) is 11.5. The zero-order valence-corrected chi connectivity index (χ0v) is 19.1. The molecule has 7 nitrogen and oxygen atoms in total. The van der Waals surface area contributed by atoms with E-state index in [-0.39, 0.29) is 19.0 Å². The fourth-order valence-electron chi connectivity index (χ4n) is 4.45. The molecule has 0 unspecified atom stereocenters. The summed E-state index contributed by atoms with van der Waals surface area (Å²) in [6, 6.07) is 14.7. The second-order valence-corrected chi connectivity index (χ2v) is 8.42. The van der Waals surface area contributed by atoms with Crippen molar-refractivity contribution in [2.24, 2.45) is 0 Å². The van der Waals surface area contributed by atoms with Gasteiger partial charge in [-0.05, 0) is 42.8 Å². The number of benzene rings is 2. The molecule has 33 heavy (non-hydrogen) atoms. The Hall–Kier alpha value is -3.45. The van der Waals surface area contributed by atoms with Crippen molar-refractivity contribution < 1.29 is 4.79 Å². The summed E-state index contributed by atoms with van der Waals surface area (Å²) in [6.07, 6.45) is 2.73. The third-order valence-electron chi connectivity index (χ3n) is 6.19. The molecule has 4 rings (SSSR count). The zero-order chi connectivity index (χ0) is 23.4. The van der Waals surface area contributed by atoms with E-state index >= 15 is 0 Å². The van der Waals surface area contributed by atoms with Gasteiger partial charge in [0.2, 0.25) is 0 Å². The maximum Gasteiger partial charge on any atom is 0.317 e. The number of piperazine rings is 1. The lowest BCUT2D eigenvalue weighted by molar-refractivity contribution is 0.0637. The Morgan fingerprint density at radius 3 is 2.12 bits per heavy atom. The van der Waals surface area contributed by atoms with Gasteiger partial charge in [-0.2, -0.15) is 0 Å². The van der Waals surface area contributed by atoms with Gasteiger partial charge in [0, 0.05) is 38.3 Å². The van der Waals surface area contributed by atoms with Crippen LogP contribution in [0.1, 0.15) is 29.3 Å². The highest BCUT2D eigenvalue weighted by Gasteiger charge is 2.21. The Morgan fingerprint density at radius 1 is 0.909 bits per heavy atom. The van der Waals surface area contributed by atoms with E-state index in [1.165, 1.54) is 9.13 Å². The summed E-state index contributed by atoms with van der Waals surface area (Å²) >= 11 is 0. The van der Waals surface area contributed by atoms with Crippen LogP contribution in [0.25, 0.3) is 11.0 Å². The molecule has 3 aromatic rings. The van der Waals surface area contributed by atoms with Crippen molar-refractivity contribution in [3.8, 4) is 0 Å². The lowest BCUT2D eigenvalue weighted by Gasteiger charge is -2.34. The summed E-state index contributed by atoms with van der Waals surface area (Å²) < 4.78 is 2.95. The molecule has 1 fully saturated rings. The molecule has 1 aliphatic rings. The minimum Gasteiger partial charge on any atom is -0.336 e. The van der Waals surface area contributed by atoms with Crippen LogP contribution in [0.15, 0.2) is 70.8 Å². The van der Waals surface area contributed by atoms with E-state index in [1.807, 2.05) is 53.4 Å². The van der Waals surface area contributed by atoms with Crippen LogP contribution in [0.2, 0.25) is 0 Å². The molecule has 7 heteroatoms. The number of amides is 1. The van der Waals surface area contributed by atoms with Crippen LogP contribution in [-0.4, -0.2) is 57.6 Å². The summed E-state index contributed by atoms with van der Waals surface area (Å²) in [5.41, 5.74) is 1.74. The number of aromatic nitrogens is 2. The van der Waals surface area contributed by atoms with Crippen LogP contribution in [0.5, 0.6) is 0 Å². The maximum atomic E-state index is 12.9. The average molecular weight is 447 g/mol. The Kier molecular flexibility index (Phi) is 6.89. The Labute approximate surface area is 193 Å². The number of para-hydroxylation sites is 2. The molecule has 1 saturated heterocycles. The quantitative estimate of drug-likeness (QED) is 0.413. The van der Waals surface area contributed by atoms with Gasteiger partial charge in [-0.15, -0.1) is 6.58 Å². The third kappa shape index (κ3) is 4.68. The third-order valence-corrected chi connectivity index (χ3v) is 6.19. The minimum atomic E-state index is -0.569. The molecule has 0 saturated carbocycles. The van der Waals surface area contributed by atoms with Crippen LogP contribution in [0.3, 0.4) is 0 Å². The number of fused-ring (bicyclic) bond motifs is 1. The van der Waals surface area contributed by atoms with Gasteiger partial charge in [-0.3, -0.25) is 28.4 Å². The van der Waals surface area contributed by atoms with Crippen molar-refractivity contribution in [2.45, 2.75) is 26.4 Å². The normalized spacial score (nSPS) is 14.5. The standard InChI is InChI=1S/C26H30N4O3/c1-3-13-27-15-17-28(18-16-27)24(31)21-11-9-20(10-12-21)19-30-23-8-6-5-7-22(23)29(14-4-2)25(32)26(30)33/h4-12H,2-3,13-19H2,1H3. The lowest BCUT2D eigenvalue weighted by Crippen LogP contribution is -2.48. The van der Waals surface area contributed by atoms with Crippen molar-refractivity contribution in [1.82, 2.24) is 18.9 Å². The van der Waals surface area contributed by atoms with E-state index in [9.17, 15) is 14.4 Å². The second-order valence-electron chi connectivity index (χ2n) is 8.42. The number of nitrogens with zero attached hydrogens (tertiary/aromatic N) is 4. The first-order chi connectivity index (χ1) is 16.0. The van der Waals surface area contributed by atoms with Crippen molar-refractivity contribution in [1.29, 1.82) is 0 Å². The summed E-state index contributed by atoms with van der Waals surface area (Å²) in [4.78, 5) is 42.8. The van der Waals surface area contributed by atoms with Crippen LogP contribution < -0.4 is 11.1 Å². The van der Waals surface area contributed by atoms with Crippen molar-refractivity contribution in [3.63, 3.8) is 0 Å². The molecule has 0 N–H and O–H groups in total. The molecule has 2 aromatic carbocycles. The summed E-state index contributed by atoms with van der Waals surface area (Å²) in [5.74, 6) is 0.0346. The largest absolute Gasteiger partial charge is 0.336 e. The number of hydrogen-bond donors (Lipinski definition) is 0. The summed E-state index contributed by atoms with van der Waals surface area (Å²) in [6.45, 7) is 10.8. The molecule has 2 heterocycles. The van der Waals surface area contributed by atoms with E-state index < -0.39 is 11.1 Å². The summed E-state index contributed by atoms with van der Waals surface area (Å²) in [5, 5.41) is 0. The average Bonchev–Trinajstić information content (AvgIpc) is 2.85. The molecule has 1 amide bonds. The molecule has 1 aliphatic heterocycles. The first kappa shape index (κ1) is 22.7. The number of rotatable bonds is 7. The number of carbonyl (C=O) groups excluding carboxylic acids is 1. The molecular formula is C26H30N4O3. The fourth-order valence-corrected chi connectivity index (χ4v) is 4.45. The smallest absolute Gasteiger partial charge is 0.317 e. The van der Waals surface area contributed by atoms with Crippen LogP contribution in [0, 0.1) is 0 Å². The highest BCUT2D eigenvalue weighted by Crippen LogP contribution is 2.15. The van der Waals surface area contributed by atoms with Crippen LogP contribution >= 0.6 is 0 Å². The Morgan fingerprint density at radius 2 is 1.52 bits per heavy atom. The van der Waals surface area contributed by atoms with E-state index in [0.717, 1.165) is 44.7 Å². The molecule has 0 bridgehead atoms. The second kappa shape index (κ2) is 10.0.